The van der Waals surface area contributed by atoms with Gasteiger partial charge in [0.25, 0.3) is 0 Å². The Labute approximate surface area is 139 Å². The summed E-state index contributed by atoms with van der Waals surface area (Å²) in [5.41, 5.74) is 5.47. The molecule has 0 unspecified atom stereocenters. The number of carbonyl (C=O) groups excluding carboxylic acids is 2. The van der Waals surface area contributed by atoms with Gasteiger partial charge < -0.3 is 15.8 Å². The molecular formula is C17H22F2N2O3. The van der Waals surface area contributed by atoms with Crippen molar-refractivity contribution in [1.29, 1.82) is 0 Å². The van der Waals surface area contributed by atoms with Gasteiger partial charge in [0.15, 0.2) is 0 Å². The molecular weight excluding hydrogens is 318 g/mol. The zero-order chi connectivity index (χ0) is 17.5. The number of nitrogens with two attached hydrogens (primary N) is 1. The number of benzene rings is 1. The van der Waals surface area contributed by atoms with E-state index in [1.54, 1.807) is 0 Å². The van der Waals surface area contributed by atoms with Crippen LogP contribution in [0.25, 0.3) is 0 Å². The van der Waals surface area contributed by atoms with E-state index in [1.807, 2.05) is 0 Å². The zero-order valence-electron chi connectivity index (χ0n) is 13.4. The number of rotatable bonds is 7. The van der Waals surface area contributed by atoms with Gasteiger partial charge in [0, 0.05) is 12.5 Å². The predicted octanol–water partition coefficient (Wildman–Crippen LogP) is 2.67. The summed E-state index contributed by atoms with van der Waals surface area (Å²) in [4.78, 5) is 23.2. The Morgan fingerprint density at radius 3 is 2.42 bits per heavy atom. The second-order valence-electron chi connectivity index (χ2n) is 6.16. The second kappa shape index (κ2) is 8.61. The monoisotopic (exact) mass is 340 g/mol. The maximum Gasteiger partial charge on any atom is 0.407 e. The van der Waals surface area contributed by atoms with Gasteiger partial charge in [-0.3, -0.25) is 4.79 Å². The van der Waals surface area contributed by atoms with Gasteiger partial charge in [-0.25, -0.2) is 13.6 Å². The highest BCUT2D eigenvalue weighted by molar-refractivity contribution is 5.84. The van der Waals surface area contributed by atoms with E-state index in [-0.39, 0.29) is 18.6 Å². The van der Waals surface area contributed by atoms with Gasteiger partial charge in [-0.05, 0) is 30.0 Å². The van der Waals surface area contributed by atoms with E-state index in [2.05, 4.69) is 5.32 Å². The molecule has 5 nitrogen and oxygen atoms in total. The minimum atomic E-state index is -1.09. The molecule has 2 rings (SSSR count). The average molecular weight is 340 g/mol. The summed E-state index contributed by atoms with van der Waals surface area (Å²) >= 11 is 0. The van der Waals surface area contributed by atoms with E-state index in [0.29, 0.717) is 5.92 Å². The van der Waals surface area contributed by atoms with Crippen LogP contribution in [0.4, 0.5) is 13.6 Å². The first kappa shape index (κ1) is 18.2. The lowest BCUT2D eigenvalue weighted by atomic mass is 10.1. The Hall–Kier alpha value is -2.18. The molecule has 0 heterocycles. The summed E-state index contributed by atoms with van der Waals surface area (Å²) in [7, 11) is 0. The van der Waals surface area contributed by atoms with Crippen LogP contribution < -0.4 is 11.1 Å². The molecule has 0 spiro atoms. The van der Waals surface area contributed by atoms with Crippen LogP contribution in [0.3, 0.4) is 0 Å². The van der Waals surface area contributed by atoms with E-state index in [0.717, 1.165) is 37.5 Å². The molecule has 3 N–H and O–H groups in total. The molecule has 24 heavy (non-hydrogen) atoms. The largest absolute Gasteiger partial charge is 0.450 e. The predicted molar refractivity (Wildman–Crippen MR) is 84.1 cm³/mol. The highest BCUT2D eigenvalue weighted by Crippen LogP contribution is 2.27. The molecule has 2 amide bonds. The van der Waals surface area contributed by atoms with Crippen molar-refractivity contribution in [3.63, 3.8) is 0 Å². The van der Waals surface area contributed by atoms with Gasteiger partial charge in [0.05, 0.1) is 6.61 Å². The number of halogens is 2. The minimum Gasteiger partial charge on any atom is -0.450 e. The first-order valence-corrected chi connectivity index (χ1v) is 8.11. The smallest absolute Gasteiger partial charge is 0.407 e. The van der Waals surface area contributed by atoms with Gasteiger partial charge in [-0.1, -0.05) is 25.7 Å². The molecule has 1 aliphatic carbocycles. The first-order valence-electron chi connectivity index (χ1n) is 8.11. The molecule has 0 saturated heterocycles. The third-order valence-electron chi connectivity index (χ3n) is 4.23. The Balaban J connectivity index is 1.83. The van der Waals surface area contributed by atoms with Gasteiger partial charge in [-0.15, -0.1) is 0 Å². The van der Waals surface area contributed by atoms with E-state index < -0.39 is 29.7 Å². The number of alkyl carbamates (subject to hydrolysis) is 1. The highest BCUT2D eigenvalue weighted by Gasteiger charge is 2.21. The summed E-state index contributed by atoms with van der Waals surface area (Å²) in [6.45, 7) is 0.274. The fourth-order valence-corrected chi connectivity index (χ4v) is 2.99. The number of primary amides is 1. The molecule has 1 aliphatic rings. The molecule has 1 atom stereocenters. The van der Waals surface area contributed by atoms with E-state index in [9.17, 15) is 18.4 Å². The summed E-state index contributed by atoms with van der Waals surface area (Å²) in [6.07, 6.45) is 4.66. The molecule has 0 radical (unpaired) electrons. The minimum absolute atomic E-state index is 0.109. The first-order chi connectivity index (χ1) is 11.4. The molecule has 0 aromatic heterocycles. The third-order valence-corrected chi connectivity index (χ3v) is 4.23. The van der Waals surface area contributed by atoms with Crippen LogP contribution in [0.15, 0.2) is 18.2 Å². The summed E-state index contributed by atoms with van der Waals surface area (Å²) < 4.78 is 31.4. The Bertz CT molecular complexity index is 569. The van der Waals surface area contributed by atoms with Crippen molar-refractivity contribution >= 4 is 12.0 Å². The van der Waals surface area contributed by atoms with Crippen LogP contribution in [-0.2, 0) is 16.0 Å². The standard InChI is InChI=1S/C17H22F2N2O3/c18-13-7-12(8-14(19)10-13)9-15(16(20)22)21-17(23)24-6-5-11-3-1-2-4-11/h7-8,10-11,15H,1-6,9H2,(H2,20,22)(H,21,23)/t15-/m0/s1. The lowest BCUT2D eigenvalue weighted by Gasteiger charge is -2.16. The molecule has 1 aromatic carbocycles. The number of hydrogen-bond donors (Lipinski definition) is 2. The van der Waals surface area contributed by atoms with Crippen molar-refractivity contribution in [3.8, 4) is 0 Å². The highest BCUT2D eigenvalue weighted by atomic mass is 19.1. The zero-order valence-corrected chi connectivity index (χ0v) is 13.4. The molecule has 1 saturated carbocycles. The van der Waals surface area contributed by atoms with Crippen molar-refractivity contribution in [1.82, 2.24) is 5.32 Å². The lowest BCUT2D eigenvalue weighted by molar-refractivity contribution is -0.119. The van der Waals surface area contributed by atoms with Crippen LogP contribution in [0.1, 0.15) is 37.7 Å². The molecule has 1 aromatic rings. The number of hydrogen-bond acceptors (Lipinski definition) is 3. The maximum atomic E-state index is 13.2. The van der Waals surface area contributed by atoms with E-state index in [1.165, 1.54) is 12.8 Å². The quantitative estimate of drug-likeness (QED) is 0.801. The topological polar surface area (TPSA) is 81.4 Å². The van der Waals surface area contributed by atoms with Crippen molar-refractivity contribution in [2.75, 3.05) is 6.61 Å². The van der Waals surface area contributed by atoms with E-state index >= 15 is 0 Å². The fourth-order valence-electron chi connectivity index (χ4n) is 2.99. The number of nitrogens with one attached hydrogen (secondary N) is 1. The number of carbonyl (C=O) groups is 2. The maximum absolute atomic E-state index is 13.2. The molecule has 0 bridgehead atoms. The van der Waals surface area contributed by atoms with Crippen molar-refractivity contribution in [2.24, 2.45) is 11.7 Å². The van der Waals surface area contributed by atoms with Crippen molar-refractivity contribution in [3.05, 3.63) is 35.4 Å². The Morgan fingerprint density at radius 1 is 1.21 bits per heavy atom. The van der Waals surface area contributed by atoms with Gasteiger partial charge in [0.2, 0.25) is 5.91 Å². The average Bonchev–Trinajstić information content (AvgIpc) is 2.98. The van der Waals surface area contributed by atoms with Gasteiger partial charge in [0.1, 0.15) is 17.7 Å². The molecule has 0 aliphatic heterocycles. The Kier molecular flexibility index (Phi) is 6.52. The van der Waals surface area contributed by atoms with Crippen LogP contribution in [0.2, 0.25) is 0 Å². The second-order valence-corrected chi connectivity index (χ2v) is 6.16. The van der Waals surface area contributed by atoms with Crippen molar-refractivity contribution < 1.29 is 23.1 Å². The van der Waals surface area contributed by atoms with Crippen LogP contribution in [-0.4, -0.2) is 24.6 Å². The lowest BCUT2D eigenvalue weighted by Crippen LogP contribution is -2.46. The summed E-state index contributed by atoms with van der Waals surface area (Å²) in [6, 6.07) is 1.82. The van der Waals surface area contributed by atoms with Crippen LogP contribution in [0, 0.1) is 17.6 Å². The van der Waals surface area contributed by atoms with Crippen molar-refractivity contribution in [2.45, 2.75) is 44.6 Å². The third kappa shape index (κ3) is 5.79. The van der Waals surface area contributed by atoms with Crippen LogP contribution >= 0.6 is 0 Å². The van der Waals surface area contributed by atoms with E-state index in [4.69, 9.17) is 10.5 Å². The molecule has 1 fully saturated rings. The molecule has 132 valence electrons. The Morgan fingerprint density at radius 2 is 1.83 bits per heavy atom. The number of amides is 2. The summed E-state index contributed by atoms with van der Waals surface area (Å²) in [5, 5.41) is 2.35. The van der Waals surface area contributed by atoms with Gasteiger partial charge in [-0.2, -0.15) is 0 Å². The molecule has 7 heteroatoms. The number of ether oxygens (including phenoxy) is 1. The van der Waals surface area contributed by atoms with Gasteiger partial charge >= 0.3 is 6.09 Å². The summed E-state index contributed by atoms with van der Waals surface area (Å²) in [5.74, 6) is -1.73. The fraction of sp³-hybridized carbons (Fsp3) is 0.529. The SMILES string of the molecule is NC(=O)[C@H](Cc1cc(F)cc(F)c1)NC(=O)OCCC1CCCC1. The van der Waals surface area contributed by atoms with Crippen LogP contribution in [0.5, 0.6) is 0 Å². The normalized spacial score (nSPS) is 15.9.